The molecule has 1 saturated heterocycles. The molecule has 0 aromatic carbocycles. The average molecular weight is 256 g/mol. The highest BCUT2D eigenvalue weighted by Crippen LogP contribution is 2.31. The van der Waals surface area contributed by atoms with Crippen LogP contribution in [-0.2, 0) is 9.47 Å². The Labute approximate surface area is 113 Å². The van der Waals surface area contributed by atoms with E-state index in [0.29, 0.717) is 0 Å². The second kappa shape index (κ2) is 9.80. The van der Waals surface area contributed by atoms with Gasteiger partial charge in [0.15, 0.2) is 5.79 Å². The molecule has 0 amide bonds. The minimum atomic E-state index is -0.222. The van der Waals surface area contributed by atoms with E-state index in [0.717, 1.165) is 32.5 Å². The molecule has 1 heterocycles. The average Bonchev–Trinajstić information content (AvgIpc) is 2.41. The van der Waals surface area contributed by atoms with Crippen LogP contribution in [0.25, 0.3) is 0 Å². The first kappa shape index (κ1) is 16.0. The van der Waals surface area contributed by atoms with Crippen LogP contribution in [0.15, 0.2) is 0 Å². The number of ether oxygens (including phenoxy) is 2. The summed E-state index contributed by atoms with van der Waals surface area (Å²) in [6.07, 6.45) is 13.7. The van der Waals surface area contributed by atoms with Crippen molar-refractivity contribution < 1.29 is 9.47 Å². The zero-order valence-electron chi connectivity index (χ0n) is 12.5. The Hall–Kier alpha value is -0.0800. The van der Waals surface area contributed by atoms with Crippen molar-refractivity contribution in [2.24, 2.45) is 0 Å². The lowest BCUT2D eigenvalue weighted by molar-refractivity contribution is -0.274. The lowest BCUT2D eigenvalue weighted by Crippen LogP contribution is -2.40. The van der Waals surface area contributed by atoms with Gasteiger partial charge in [-0.2, -0.15) is 0 Å². The van der Waals surface area contributed by atoms with Gasteiger partial charge in [0, 0.05) is 12.8 Å². The molecule has 1 aliphatic rings. The summed E-state index contributed by atoms with van der Waals surface area (Å²) in [6.45, 7) is 6.30. The van der Waals surface area contributed by atoms with Crippen LogP contribution in [0.1, 0.15) is 84.5 Å². The van der Waals surface area contributed by atoms with Crippen molar-refractivity contribution in [1.82, 2.24) is 0 Å². The van der Waals surface area contributed by atoms with Crippen LogP contribution in [0.3, 0.4) is 0 Å². The molecule has 18 heavy (non-hydrogen) atoms. The van der Waals surface area contributed by atoms with Crippen LogP contribution >= 0.6 is 0 Å². The largest absolute Gasteiger partial charge is 0.350 e. The Bertz CT molecular complexity index is 172. The van der Waals surface area contributed by atoms with E-state index >= 15 is 0 Å². The molecule has 0 aliphatic carbocycles. The minimum absolute atomic E-state index is 0.222. The van der Waals surface area contributed by atoms with Crippen LogP contribution in [0, 0.1) is 0 Å². The van der Waals surface area contributed by atoms with E-state index in [2.05, 4.69) is 13.8 Å². The highest BCUT2D eigenvalue weighted by Gasteiger charge is 2.33. The van der Waals surface area contributed by atoms with Crippen LogP contribution in [0.5, 0.6) is 0 Å². The standard InChI is InChI=1S/C16H32O2/c1-3-5-7-9-12-16(13-10-8-6-4-2)17-14-11-15-18-16/h3-15H2,1-2H3. The van der Waals surface area contributed by atoms with E-state index in [9.17, 15) is 0 Å². The molecule has 1 fully saturated rings. The summed E-state index contributed by atoms with van der Waals surface area (Å²) >= 11 is 0. The molecular formula is C16H32O2. The zero-order chi connectivity index (χ0) is 13.1. The van der Waals surface area contributed by atoms with Crippen molar-refractivity contribution >= 4 is 0 Å². The SMILES string of the molecule is CCCCCCC1(CCCCCC)OCCCO1. The van der Waals surface area contributed by atoms with Crippen LogP contribution in [-0.4, -0.2) is 19.0 Å². The first-order chi connectivity index (χ1) is 8.83. The smallest absolute Gasteiger partial charge is 0.168 e. The van der Waals surface area contributed by atoms with Crippen molar-refractivity contribution in [2.75, 3.05) is 13.2 Å². The normalized spacial score (nSPS) is 19.0. The van der Waals surface area contributed by atoms with Gasteiger partial charge in [0.1, 0.15) is 0 Å². The van der Waals surface area contributed by atoms with Gasteiger partial charge in [-0.1, -0.05) is 52.4 Å². The molecule has 0 bridgehead atoms. The Morgan fingerprint density at radius 1 is 0.722 bits per heavy atom. The maximum atomic E-state index is 6.00. The summed E-state index contributed by atoms with van der Waals surface area (Å²) in [5.74, 6) is -0.222. The minimum Gasteiger partial charge on any atom is -0.350 e. The van der Waals surface area contributed by atoms with Gasteiger partial charge in [-0.15, -0.1) is 0 Å². The molecule has 0 radical (unpaired) electrons. The van der Waals surface area contributed by atoms with E-state index in [1.807, 2.05) is 0 Å². The number of unbranched alkanes of at least 4 members (excludes halogenated alkanes) is 6. The van der Waals surface area contributed by atoms with Gasteiger partial charge in [0.05, 0.1) is 13.2 Å². The fraction of sp³-hybridized carbons (Fsp3) is 1.00. The van der Waals surface area contributed by atoms with Crippen molar-refractivity contribution in [2.45, 2.75) is 90.3 Å². The summed E-state index contributed by atoms with van der Waals surface area (Å²) < 4.78 is 12.0. The third kappa shape index (κ3) is 6.19. The Morgan fingerprint density at radius 2 is 1.22 bits per heavy atom. The number of hydrogen-bond acceptors (Lipinski definition) is 2. The summed E-state index contributed by atoms with van der Waals surface area (Å²) in [5.41, 5.74) is 0. The number of rotatable bonds is 10. The van der Waals surface area contributed by atoms with Gasteiger partial charge in [-0.3, -0.25) is 0 Å². The fourth-order valence-corrected chi connectivity index (χ4v) is 2.67. The predicted octanol–water partition coefficient (Wildman–Crippen LogP) is 5.06. The second-order valence-electron chi connectivity index (χ2n) is 5.58. The van der Waals surface area contributed by atoms with Gasteiger partial charge >= 0.3 is 0 Å². The Morgan fingerprint density at radius 3 is 1.67 bits per heavy atom. The zero-order valence-corrected chi connectivity index (χ0v) is 12.5. The Kier molecular flexibility index (Phi) is 8.70. The van der Waals surface area contributed by atoms with Gasteiger partial charge in [-0.05, 0) is 19.3 Å². The third-order valence-corrected chi connectivity index (χ3v) is 3.84. The van der Waals surface area contributed by atoms with E-state index in [1.165, 1.54) is 51.4 Å². The van der Waals surface area contributed by atoms with Crippen molar-refractivity contribution in [1.29, 1.82) is 0 Å². The molecule has 108 valence electrons. The first-order valence-electron chi connectivity index (χ1n) is 8.11. The lowest BCUT2D eigenvalue weighted by atomic mass is 9.99. The molecule has 0 spiro atoms. The molecule has 2 heteroatoms. The monoisotopic (exact) mass is 256 g/mol. The first-order valence-corrected chi connectivity index (χ1v) is 8.11. The summed E-state index contributed by atoms with van der Waals surface area (Å²) in [6, 6.07) is 0. The van der Waals surface area contributed by atoms with E-state index in [4.69, 9.17) is 9.47 Å². The van der Waals surface area contributed by atoms with Gasteiger partial charge in [0.2, 0.25) is 0 Å². The summed E-state index contributed by atoms with van der Waals surface area (Å²) in [5, 5.41) is 0. The molecule has 1 aliphatic heterocycles. The quantitative estimate of drug-likeness (QED) is 0.509. The van der Waals surface area contributed by atoms with Crippen LogP contribution in [0.4, 0.5) is 0 Å². The fourth-order valence-electron chi connectivity index (χ4n) is 2.67. The molecular weight excluding hydrogens is 224 g/mol. The van der Waals surface area contributed by atoms with Crippen LogP contribution < -0.4 is 0 Å². The van der Waals surface area contributed by atoms with Crippen LogP contribution in [0.2, 0.25) is 0 Å². The topological polar surface area (TPSA) is 18.5 Å². The van der Waals surface area contributed by atoms with E-state index < -0.39 is 0 Å². The van der Waals surface area contributed by atoms with Crippen molar-refractivity contribution in [3.8, 4) is 0 Å². The summed E-state index contributed by atoms with van der Waals surface area (Å²) in [4.78, 5) is 0. The van der Waals surface area contributed by atoms with Crippen molar-refractivity contribution in [3.05, 3.63) is 0 Å². The molecule has 0 atom stereocenters. The maximum absolute atomic E-state index is 6.00. The van der Waals surface area contributed by atoms with Gasteiger partial charge < -0.3 is 9.47 Å². The molecule has 0 saturated carbocycles. The van der Waals surface area contributed by atoms with Crippen molar-refractivity contribution in [3.63, 3.8) is 0 Å². The van der Waals surface area contributed by atoms with Gasteiger partial charge in [0.25, 0.3) is 0 Å². The molecule has 2 nitrogen and oxygen atoms in total. The summed E-state index contributed by atoms with van der Waals surface area (Å²) in [7, 11) is 0. The highest BCUT2D eigenvalue weighted by molar-refractivity contribution is 4.73. The third-order valence-electron chi connectivity index (χ3n) is 3.84. The highest BCUT2D eigenvalue weighted by atomic mass is 16.7. The van der Waals surface area contributed by atoms with E-state index in [-0.39, 0.29) is 5.79 Å². The second-order valence-corrected chi connectivity index (χ2v) is 5.58. The molecule has 0 N–H and O–H groups in total. The molecule has 0 aromatic heterocycles. The predicted molar refractivity (Wildman–Crippen MR) is 76.8 cm³/mol. The molecule has 0 unspecified atom stereocenters. The lowest BCUT2D eigenvalue weighted by Gasteiger charge is -2.37. The Balaban J connectivity index is 2.27. The van der Waals surface area contributed by atoms with E-state index in [1.54, 1.807) is 0 Å². The van der Waals surface area contributed by atoms with Gasteiger partial charge in [-0.25, -0.2) is 0 Å². The number of hydrogen-bond donors (Lipinski definition) is 0. The maximum Gasteiger partial charge on any atom is 0.168 e. The molecule has 1 rings (SSSR count). The molecule has 0 aromatic rings.